The van der Waals surface area contributed by atoms with E-state index < -0.39 is 0 Å². The van der Waals surface area contributed by atoms with Crippen molar-refractivity contribution in [1.82, 2.24) is 24.4 Å². The van der Waals surface area contributed by atoms with Crippen LogP contribution in [0.2, 0.25) is 5.02 Å². The van der Waals surface area contributed by atoms with E-state index in [2.05, 4.69) is 10.1 Å². The molecule has 0 aliphatic carbocycles. The highest BCUT2D eigenvalue weighted by Crippen LogP contribution is 2.31. The summed E-state index contributed by atoms with van der Waals surface area (Å²) in [7, 11) is 0. The minimum Gasteiger partial charge on any atom is -0.378 e. The van der Waals surface area contributed by atoms with Gasteiger partial charge in [-0.3, -0.25) is 9.59 Å². The molecule has 1 unspecified atom stereocenters. The number of carbonyl (C=O) groups is 2. The lowest BCUT2D eigenvalue weighted by atomic mass is 9.91. The zero-order chi connectivity index (χ0) is 21.5. The number of hydrogen-bond donors (Lipinski definition) is 0. The van der Waals surface area contributed by atoms with E-state index in [9.17, 15) is 9.59 Å². The quantitative estimate of drug-likeness (QED) is 0.613. The van der Waals surface area contributed by atoms with E-state index in [-0.39, 0.29) is 17.9 Å². The Kier molecular flexibility index (Phi) is 5.11. The van der Waals surface area contributed by atoms with Crippen LogP contribution < -0.4 is 0 Å². The summed E-state index contributed by atoms with van der Waals surface area (Å²) in [4.78, 5) is 34.0. The third kappa shape index (κ3) is 3.66. The van der Waals surface area contributed by atoms with Gasteiger partial charge in [-0.05, 0) is 36.6 Å². The van der Waals surface area contributed by atoms with Crippen LogP contribution in [0.1, 0.15) is 44.9 Å². The second kappa shape index (κ2) is 7.94. The lowest BCUT2D eigenvalue weighted by molar-refractivity contribution is 0.0302. The smallest absolute Gasteiger partial charge is 0.274 e. The lowest BCUT2D eigenvalue weighted by Crippen LogP contribution is -2.41. The zero-order valence-corrected chi connectivity index (χ0v) is 17.9. The molecule has 0 radical (unpaired) electrons. The average molecular weight is 440 g/mol. The molecule has 3 aromatic rings. The molecule has 160 valence electrons. The minimum absolute atomic E-state index is 0.00468. The largest absolute Gasteiger partial charge is 0.378 e. The van der Waals surface area contributed by atoms with Crippen LogP contribution in [0.15, 0.2) is 36.7 Å². The molecule has 1 saturated heterocycles. The topological polar surface area (TPSA) is 80.0 Å². The summed E-state index contributed by atoms with van der Waals surface area (Å²) in [6.45, 7) is 4.91. The summed E-state index contributed by atoms with van der Waals surface area (Å²) < 4.78 is 6.86. The first-order valence-corrected chi connectivity index (χ1v) is 10.7. The van der Waals surface area contributed by atoms with Crippen molar-refractivity contribution < 1.29 is 14.3 Å². The maximum Gasteiger partial charge on any atom is 0.274 e. The fourth-order valence-electron chi connectivity index (χ4n) is 4.28. The number of amides is 2. The Morgan fingerprint density at radius 3 is 2.74 bits per heavy atom. The molecule has 4 heterocycles. The molecule has 2 amide bonds. The van der Waals surface area contributed by atoms with E-state index >= 15 is 0 Å². The van der Waals surface area contributed by atoms with Gasteiger partial charge in [-0.1, -0.05) is 17.7 Å². The second-order valence-corrected chi connectivity index (χ2v) is 8.28. The van der Waals surface area contributed by atoms with E-state index in [4.69, 9.17) is 16.3 Å². The van der Waals surface area contributed by atoms with Gasteiger partial charge in [0.05, 0.1) is 30.5 Å². The number of ether oxygens (including phenoxy) is 1. The highest BCUT2D eigenvalue weighted by Gasteiger charge is 2.31. The van der Waals surface area contributed by atoms with Gasteiger partial charge in [0.1, 0.15) is 0 Å². The highest BCUT2D eigenvalue weighted by molar-refractivity contribution is 6.30. The molecule has 31 heavy (non-hydrogen) atoms. The fraction of sp³-hybridized carbons (Fsp3) is 0.364. The third-order valence-corrected chi connectivity index (χ3v) is 6.19. The van der Waals surface area contributed by atoms with Gasteiger partial charge in [-0.25, -0.2) is 9.50 Å². The van der Waals surface area contributed by atoms with Crippen molar-refractivity contribution in [3.8, 4) is 0 Å². The van der Waals surface area contributed by atoms with Crippen molar-refractivity contribution >= 4 is 29.1 Å². The third-order valence-electron chi connectivity index (χ3n) is 5.99. The molecule has 0 saturated carbocycles. The number of benzene rings is 1. The first kappa shape index (κ1) is 20.0. The molecular weight excluding hydrogens is 418 g/mol. The predicted molar refractivity (Wildman–Crippen MR) is 114 cm³/mol. The molecule has 0 N–H and O–H groups in total. The van der Waals surface area contributed by atoms with Crippen LogP contribution in [0.25, 0.3) is 5.65 Å². The van der Waals surface area contributed by atoms with Crippen LogP contribution >= 0.6 is 11.6 Å². The molecule has 8 nitrogen and oxygen atoms in total. The van der Waals surface area contributed by atoms with E-state index in [1.807, 2.05) is 30.0 Å². The number of morpholine rings is 1. The number of halogens is 1. The maximum atomic E-state index is 13.2. The molecule has 5 rings (SSSR count). The van der Waals surface area contributed by atoms with Crippen molar-refractivity contribution in [2.75, 3.05) is 32.8 Å². The molecule has 1 fully saturated rings. The van der Waals surface area contributed by atoms with Crippen LogP contribution in [-0.4, -0.2) is 69.1 Å². The zero-order valence-electron chi connectivity index (χ0n) is 17.1. The number of carbonyl (C=O) groups excluding carboxylic acids is 2. The summed E-state index contributed by atoms with van der Waals surface area (Å²) >= 11 is 5.98. The first-order valence-electron chi connectivity index (χ1n) is 10.3. The van der Waals surface area contributed by atoms with Gasteiger partial charge >= 0.3 is 0 Å². The minimum atomic E-state index is -0.171. The van der Waals surface area contributed by atoms with Gasteiger partial charge in [-0.15, -0.1) is 0 Å². The van der Waals surface area contributed by atoms with Crippen LogP contribution in [-0.2, 0) is 11.2 Å². The SMILES string of the molecule is CC1c2cc(C(=O)N3CCOCC3)ccc2CCN1C(=O)c1cc2ncc(Cl)cn2n1. The molecule has 0 bridgehead atoms. The van der Waals surface area contributed by atoms with Crippen LogP contribution in [0.4, 0.5) is 0 Å². The monoisotopic (exact) mass is 439 g/mol. The van der Waals surface area contributed by atoms with Gasteiger partial charge in [0.25, 0.3) is 11.8 Å². The van der Waals surface area contributed by atoms with E-state index in [1.54, 1.807) is 17.2 Å². The first-order chi connectivity index (χ1) is 15.0. The summed E-state index contributed by atoms with van der Waals surface area (Å²) in [6, 6.07) is 7.33. The van der Waals surface area contributed by atoms with Crippen molar-refractivity contribution in [3.05, 3.63) is 64.1 Å². The van der Waals surface area contributed by atoms with Gasteiger partial charge in [0, 0.05) is 37.5 Å². The Bertz CT molecular complexity index is 1170. The Morgan fingerprint density at radius 2 is 1.94 bits per heavy atom. The standard InChI is InChI=1S/C22H22ClN5O3/c1-14-18-10-16(21(29)26-6-8-31-9-7-26)3-2-15(18)4-5-27(14)22(30)19-11-20-24-12-17(23)13-28(20)25-19/h2-3,10-14H,4-9H2,1H3. The molecule has 2 aliphatic heterocycles. The highest BCUT2D eigenvalue weighted by atomic mass is 35.5. The fourth-order valence-corrected chi connectivity index (χ4v) is 4.42. The Balaban J connectivity index is 1.41. The molecule has 1 atom stereocenters. The number of fused-ring (bicyclic) bond motifs is 2. The molecule has 1 aromatic carbocycles. The van der Waals surface area contributed by atoms with Gasteiger partial charge in [0.2, 0.25) is 0 Å². The second-order valence-electron chi connectivity index (χ2n) is 7.85. The number of rotatable bonds is 2. The lowest BCUT2D eigenvalue weighted by Gasteiger charge is -2.35. The molecule has 2 aromatic heterocycles. The Hall–Kier alpha value is -2.97. The Labute approximate surface area is 184 Å². The van der Waals surface area contributed by atoms with Crippen molar-refractivity contribution in [3.63, 3.8) is 0 Å². The average Bonchev–Trinajstić information content (AvgIpc) is 3.22. The normalized spacial score (nSPS) is 18.8. The number of nitrogens with zero attached hydrogens (tertiary/aromatic N) is 5. The van der Waals surface area contributed by atoms with Crippen LogP contribution in [0, 0.1) is 0 Å². The van der Waals surface area contributed by atoms with E-state index in [0.29, 0.717) is 54.8 Å². The van der Waals surface area contributed by atoms with Crippen LogP contribution in [0.5, 0.6) is 0 Å². The molecular formula is C22H22ClN5O3. The van der Waals surface area contributed by atoms with E-state index in [1.165, 1.54) is 16.3 Å². The number of aromatic nitrogens is 3. The predicted octanol–water partition coefficient (Wildman–Crippen LogP) is 2.61. The molecule has 2 aliphatic rings. The summed E-state index contributed by atoms with van der Waals surface area (Å²) in [5, 5.41) is 4.80. The number of hydrogen-bond acceptors (Lipinski definition) is 5. The summed E-state index contributed by atoms with van der Waals surface area (Å²) in [5.41, 5.74) is 3.71. The van der Waals surface area contributed by atoms with E-state index in [0.717, 1.165) is 12.0 Å². The Morgan fingerprint density at radius 1 is 1.13 bits per heavy atom. The molecule has 0 spiro atoms. The van der Waals surface area contributed by atoms with Crippen molar-refractivity contribution in [1.29, 1.82) is 0 Å². The van der Waals surface area contributed by atoms with Gasteiger partial charge < -0.3 is 14.5 Å². The van der Waals surface area contributed by atoms with Gasteiger partial charge in [0.15, 0.2) is 11.3 Å². The summed E-state index contributed by atoms with van der Waals surface area (Å²) in [5.74, 6) is -0.158. The van der Waals surface area contributed by atoms with Crippen molar-refractivity contribution in [2.45, 2.75) is 19.4 Å². The van der Waals surface area contributed by atoms with Gasteiger partial charge in [-0.2, -0.15) is 5.10 Å². The van der Waals surface area contributed by atoms with Crippen LogP contribution in [0.3, 0.4) is 0 Å². The molecule has 9 heteroatoms. The maximum absolute atomic E-state index is 13.2. The summed E-state index contributed by atoms with van der Waals surface area (Å²) in [6.07, 6.45) is 3.88. The van der Waals surface area contributed by atoms with Crippen molar-refractivity contribution in [2.24, 2.45) is 0 Å².